The monoisotopic (exact) mass is 283 g/mol. The number of pyridine rings is 1. The maximum absolute atomic E-state index is 9.86. The van der Waals surface area contributed by atoms with E-state index < -0.39 is 0 Å². The van der Waals surface area contributed by atoms with Gasteiger partial charge in [0, 0.05) is 10.9 Å². The average molecular weight is 284 g/mol. The topological polar surface area (TPSA) is 50.9 Å². The number of hydrogen-bond acceptors (Lipinski definition) is 3. The Morgan fingerprint density at radius 3 is 2.88 bits per heavy atom. The fourth-order valence-electron chi connectivity index (χ4n) is 1.58. The Balaban J connectivity index is 2.45. The van der Waals surface area contributed by atoms with Gasteiger partial charge in [-0.3, -0.25) is 0 Å². The van der Waals surface area contributed by atoms with E-state index in [1.54, 1.807) is 0 Å². The normalized spacial score (nSPS) is 11.2. The summed E-state index contributed by atoms with van der Waals surface area (Å²) in [5.74, 6) is 1.34. The van der Waals surface area contributed by atoms with Gasteiger partial charge in [-0.2, -0.15) is 4.73 Å². The van der Waals surface area contributed by atoms with E-state index in [4.69, 9.17) is 0 Å². The fourth-order valence-corrected chi connectivity index (χ4v) is 1.96. The number of rotatable bonds is 3. The smallest absolute Gasteiger partial charge is 0.195 e. The van der Waals surface area contributed by atoms with Crippen molar-refractivity contribution in [1.29, 1.82) is 0 Å². The van der Waals surface area contributed by atoms with Crippen molar-refractivity contribution >= 4 is 15.9 Å². The molecule has 0 amide bonds. The van der Waals surface area contributed by atoms with Crippen LogP contribution in [-0.2, 0) is 6.42 Å². The molecule has 5 heteroatoms. The second-order valence-corrected chi connectivity index (χ2v) is 4.70. The minimum absolute atomic E-state index is 0.534. The Morgan fingerprint density at radius 1 is 1.44 bits per heavy atom. The van der Waals surface area contributed by atoms with Crippen LogP contribution in [0.5, 0.6) is 0 Å². The summed E-state index contributed by atoms with van der Waals surface area (Å²) >= 11 is 3.38. The highest BCUT2D eigenvalue weighted by molar-refractivity contribution is 9.10. The van der Waals surface area contributed by atoms with Crippen molar-refractivity contribution in [2.75, 3.05) is 0 Å². The summed E-state index contributed by atoms with van der Waals surface area (Å²) in [5.41, 5.74) is 1.46. The molecule has 2 aliphatic rings. The van der Waals surface area contributed by atoms with Crippen LogP contribution >= 0.6 is 15.9 Å². The summed E-state index contributed by atoms with van der Waals surface area (Å²) in [6.45, 7) is 3.96. The molecule has 0 aromatic carbocycles. The molecule has 2 aliphatic heterocycles. The van der Waals surface area contributed by atoms with E-state index in [-0.39, 0.29) is 0 Å². The first kappa shape index (κ1) is 11.4. The largest absolute Gasteiger partial charge is 0.427 e. The molecule has 4 nitrogen and oxygen atoms in total. The summed E-state index contributed by atoms with van der Waals surface area (Å²) in [6.07, 6.45) is 3.05. The number of unbranched alkanes of at least 4 members (excludes halogenated alkanes) is 1. The van der Waals surface area contributed by atoms with Crippen LogP contribution in [0.3, 0.4) is 0 Å². The van der Waals surface area contributed by atoms with Crippen LogP contribution in [0, 0.1) is 6.92 Å². The van der Waals surface area contributed by atoms with Gasteiger partial charge in [0.25, 0.3) is 0 Å². The molecule has 0 saturated carbocycles. The third-order valence-corrected chi connectivity index (χ3v) is 3.40. The molecule has 0 spiro atoms. The van der Waals surface area contributed by atoms with E-state index in [2.05, 4.69) is 32.8 Å². The zero-order chi connectivity index (χ0) is 11.7. The van der Waals surface area contributed by atoms with Gasteiger partial charge >= 0.3 is 0 Å². The highest BCUT2D eigenvalue weighted by Crippen LogP contribution is 2.26. The molecule has 0 aromatic heterocycles. The molecule has 2 rings (SSSR count). The lowest BCUT2D eigenvalue weighted by Crippen LogP contribution is -2.04. The van der Waals surface area contributed by atoms with Crippen molar-refractivity contribution in [3.63, 3.8) is 0 Å². The Labute approximate surface area is 103 Å². The summed E-state index contributed by atoms with van der Waals surface area (Å²) in [7, 11) is 0. The van der Waals surface area contributed by atoms with E-state index in [1.807, 2.05) is 13.0 Å². The number of aryl methyl sites for hydroxylation is 1. The number of fused-ring (bicyclic) bond motifs is 1. The molecule has 86 valence electrons. The van der Waals surface area contributed by atoms with E-state index >= 15 is 0 Å². The predicted octanol–water partition coefficient (Wildman–Crippen LogP) is 3.03. The van der Waals surface area contributed by atoms with Crippen LogP contribution in [0.15, 0.2) is 10.5 Å². The Bertz CT molecular complexity index is 481. The lowest BCUT2D eigenvalue weighted by atomic mass is 10.2. The van der Waals surface area contributed by atoms with Crippen molar-refractivity contribution in [3.05, 3.63) is 22.1 Å². The second kappa shape index (κ2) is 4.41. The number of halogens is 1. The molecule has 0 aromatic rings. The van der Waals surface area contributed by atoms with E-state index in [9.17, 15) is 5.21 Å². The van der Waals surface area contributed by atoms with Crippen molar-refractivity contribution < 1.29 is 5.21 Å². The first-order chi connectivity index (χ1) is 7.63. The highest BCUT2D eigenvalue weighted by Gasteiger charge is 2.17. The van der Waals surface area contributed by atoms with Crippen molar-refractivity contribution in [2.45, 2.75) is 33.1 Å². The Morgan fingerprint density at radius 2 is 2.19 bits per heavy atom. The standard InChI is InChI=1S/C11H14BrN3O/c1-3-4-5-10-13-9-6-8(12)7(2)15(16)11(9)14-10/h6,16H,3-5H2,1-2H3. The Kier molecular flexibility index (Phi) is 3.14. The molecule has 0 atom stereocenters. The number of nitrogens with zero attached hydrogens (tertiary/aromatic N) is 3. The van der Waals surface area contributed by atoms with Gasteiger partial charge in [0.2, 0.25) is 0 Å². The van der Waals surface area contributed by atoms with Gasteiger partial charge in [-0.25, -0.2) is 9.97 Å². The van der Waals surface area contributed by atoms with Crippen LogP contribution in [0.4, 0.5) is 0 Å². The quantitative estimate of drug-likeness (QED) is 0.881. The molecule has 0 aliphatic carbocycles. The average Bonchev–Trinajstić information content (AvgIpc) is 2.66. The fraction of sp³-hybridized carbons (Fsp3) is 0.455. The van der Waals surface area contributed by atoms with Gasteiger partial charge in [0.1, 0.15) is 11.5 Å². The third-order valence-electron chi connectivity index (χ3n) is 2.59. The van der Waals surface area contributed by atoms with Gasteiger partial charge in [-0.05, 0) is 35.3 Å². The maximum Gasteiger partial charge on any atom is 0.195 e. The van der Waals surface area contributed by atoms with Crippen molar-refractivity contribution in [1.82, 2.24) is 14.7 Å². The molecule has 0 unspecified atom stereocenters. The van der Waals surface area contributed by atoms with Gasteiger partial charge in [-0.1, -0.05) is 13.3 Å². The molecule has 2 heterocycles. The lowest BCUT2D eigenvalue weighted by Gasteiger charge is -2.08. The molecule has 1 N–H and O–H groups in total. The molecule has 0 saturated heterocycles. The second-order valence-electron chi connectivity index (χ2n) is 3.84. The number of aromatic nitrogens is 3. The van der Waals surface area contributed by atoms with E-state index in [0.29, 0.717) is 5.82 Å². The van der Waals surface area contributed by atoms with Crippen LogP contribution in [-0.4, -0.2) is 19.9 Å². The molecule has 0 radical (unpaired) electrons. The molecule has 0 bridgehead atoms. The number of imidazole rings is 1. The van der Waals surface area contributed by atoms with Gasteiger partial charge in [-0.15, -0.1) is 0 Å². The predicted molar refractivity (Wildman–Crippen MR) is 64.9 cm³/mol. The van der Waals surface area contributed by atoms with Crippen molar-refractivity contribution in [3.8, 4) is 11.5 Å². The van der Waals surface area contributed by atoms with Gasteiger partial charge in [0.05, 0.1) is 5.69 Å². The lowest BCUT2D eigenvalue weighted by molar-refractivity contribution is 0.179. The zero-order valence-corrected chi connectivity index (χ0v) is 11.0. The molecule has 0 fully saturated rings. The van der Waals surface area contributed by atoms with Crippen LogP contribution < -0.4 is 0 Å². The van der Waals surface area contributed by atoms with Crippen LogP contribution in [0.1, 0.15) is 31.3 Å². The van der Waals surface area contributed by atoms with Crippen LogP contribution in [0.2, 0.25) is 0 Å². The summed E-state index contributed by atoms with van der Waals surface area (Å²) < 4.78 is 1.92. The van der Waals surface area contributed by atoms with Crippen LogP contribution in [0.25, 0.3) is 11.5 Å². The highest BCUT2D eigenvalue weighted by atomic mass is 79.9. The minimum Gasteiger partial charge on any atom is -0.427 e. The van der Waals surface area contributed by atoms with Crippen molar-refractivity contribution in [2.24, 2.45) is 0 Å². The zero-order valence-electron chi connectivity index (χ0n) is 9.37. The van der Waals surface area contributed by atoms with E-state index in [1.165, 1.54) is 0 Å². The SMILES string of the molecule is CCCCc1nc2cc(Br)c(C)n(O)c-2n1. The van der Waals surface area contributed by atoms with E-state index in [0.717, 1.165) is 45.7 Å². The summed E-state index contributed by atoms with van der Waals surface area (Å²) in [6, 6.07) is 1.89. The third kappa shape index (κ3) is 1.91. The summed E-state index contributed by atoms with van der Waals surface area (Å²) in [5, 5.41) is 9.86. The minimum atomic E-state index is 0.534. The first-order valence-electron chi connectivity index (χ1n) is 5.37. The first-order valence-corrected chi connectivity index (χ1v) is 6.16. The molecule has 16 heavy (non-hydrogen) atoms. The number of hydrogen-bond donors (Lipinski definition) is 1. The molecular formula is C11H14BrN3O. The van der Waals surface area contributed by atoms with Gasteiger partial charge in [0.15, 0.2) is 5.82 Å². The Hall–Kier alpha value is -1.10. The van der Waals surface area contributed by atoms with Gasteiger partial charge < -0.3 is 5.21 Å². The summed E-state index contributed by atoms with van der Waals surface area (Å²) in [4.78, 5) is 8.72. The molecular weight excluding hydrogens is 270 g/mol. The maximum atomic E-state index is 9.86.